The number of hydrogen-bond donors (Lipinski definition) is 0. The van der Waals surface area contributed by atoms with Gasteiger partial charge in [-0.1, -0.05) is 6.07 Å². The molecule has 1 aromatic carbocycles. The third-order valence-electron chi connectivity index (χ3n) is 5.83. The molecule has 2 saturated heterocycles. The molecule has 0 spiro atoms. The van der Waals surface area contributed by atoms with Gasteiger partial charge in [-0.15, -0.1) is 0 Å². The molecule has 1 aromatic rings. The first-order valence-electron chi connectivity index (χ1n) is 9.10. The lowest BCUT2D eigenvalue weighted by atomic mass is 9.78. The summed E-state index contributed by atoms with van der Waals surface area (Å²) < 4.78 is 31.4. The first-order valence-corrected chi connectivity index (χ1v) is 9.10. The Kier molecular flexibility index (Phi) is 5.05. The van der Waals surface area contributed by atoms with Crippen molar-refractivity contribution in [3.63, 3.8) is 0 Å². The van der Waals surface area contributed by atoms with E-state index in [1.807, 2.05) is 33.8 Å². The van der Waals surface area contributed by atoms with E-state index in [4.69, 9.17) is 14.0 Å². The number of benzene rings is 1. The number of rotatable bonds is 4. The van der Waals surface area contributed by atoms with E-state index in [-0.39, 0.29) is 17.7 Å². The Balaban J connectivity index is 1.70. The number of halogens is 1. The zero-order chi connectivity index (χ0) is 19.1. The lowest BCUT2D eigenvalue weighted by Crippen LogP contribution is -2.41. The number of anilines is 1. The summed E-state index contributed by atoms with van der Waals surface area (Å²) in [5, 5.41) is 0. The van der Waals surface area contributed by atoms with Crippen molar-refractivity contribution in [1.82, 2.24) is 0 Å². The Morgan fingerprint density at radius 2 is 1.96 bits per heavy atom. The highest BCUT2D eigenvalue weighted by Crippen LogP contribution is 2.37. The van der Waals surface area contributed by atoms with Crippen molar-refractivity contribution in [3.05, 3.63) is 24.0 Å². The van der Waals surface area contributed by atoms with Crippen molar-refractivity contribution in [1.29, 1.82) is 0 Å². The highest BCUT2D eigenvalue weighted by atomic mass is 19.1. The fourth-order valence-corrected chi connectivity index (χ4v) is 3.43. The second-order valence-corrected chi connectivity index (χ2v) is 8.18. The number of hydrogen-bond acceptors (Lipinski definition) is 5. The molecule has 0 aliphatic carbocycles. The van der Waals surface area contributed by atoms with Gasteiger partial charge < -0.3 is 18.9 Å². The molecule has 0 radical (unpaired) electrons. The van der Waals surface area contributed by atoms with Gasteiger partial charge >= 0.3 is 13.1 Å². The molecule has 5 nitrogen and oxygen atoms in total. The summed E-state index contributed by atoms with van der Waals surface area (Å²) in [6.07, 6.45) is 1.30. The van der Waals surface area contributed by atoms with Crippen molar-refractivity contribution < 1.29 is 23.2 Å². The summed E-state index contributed by atoms with van der Waals surface area (Å²) in [7, 11) is 0.693. The van der Waals surface area contributed by atoms with Crippen molar-refractivity contribution in [2.75, 3.05) is 25.1 Å². The van der Waals surface area contributed by atoms with Crippen LogP contribution in [0, 0.1) is 11.7 Å². The van der Waals surface area contributed by atoms with Gasteiger partial charge in [-0.25, -0.2) is 4.39 Å². The van der Waals surface area contributed by atoms with Crippen LogP contribution < -0.4 is 10.4 Å². The summed E-state index contributed by atoms with van der Waals surface area (Å²) in [6.45, 7) is 9.33. The minimum atomic E-state index is -0.709. The summed E-state index contributed by atoms with van der Waals surface area (Å²) in [4.78, 5) is 13.5. The molecule has 26 heavy (non-hydrogen) atoms. The van der Waals surface area contributed by atoms with Crippen molar-refractivity contribution in [2.24, 2.45) is 5.92 Å². The SMILES string of the molecule is COC(=O)C[C@@H]1CCN(c2ccc(B3OC(C)(C)C(C)(C)O3)c(F)c2)C1. The predicted octanol–water partition coefficient (Wildman–Crippen LogP) is 2.51. The fraction of sp³-hybridized carbons (Fsp3) is 0.632. The van der Waals surface area contributed by atoms with E-state index in [1.165, 1.54) is 13.2 Å². The predicted molar refractivity (Wildman–Crippen MR) is 99.1 cm³/mol. The van der Waals surface area contributed by atoms with E-state index < -0.39 is 18.3 Å². The summed E-state index contributed by atoms with van der Waals surface area (Å²) in [5.74, 6) is -0.287. The van der Waals surface area contributed by atoms with Gasteiger partial charge in [0.15, 0.2) is 0 Å². The molecular weight excluding hydrogens is 336 g/mol. The first kappa shape index (κ1) is 19.2. The van der Waals surface area contributed by atoms with Crippen molar-refractivity contribution in [2.45, 2.75) is 51.7 Å². The molecule has 7 heteroatoms. The van der Waals surface area contributed by atoms with Crippen LogP contribution in [-0.2, 0) is 18.8 Å². The van der Waals surface area contributed by atoms with Crippen molar-refractivity contribution >= 4 is 24.2 Å². The van der Waals surface area contributed by atoms with E-state index in [1.54, 1.807) is 6.07 Å². The van der Waals surface area contributed by atoms with Crippen LogP contribution in [0.25, 0.3) is 0 Å². The van der Waals surface area contributed by atoms with E-state index >= 15 is 0 Å². The maximum Gasteiger partial charge on any atom is 0.497 e. The van der Waals surface area contributed by atoms with Crippen molar-refractivity contribution in [3.8, 4) is 0 Å². The van der Waals surface area contributed by atoms with E-state index in [0.717, 1.165) is 25.2 Å². The lowest BCUT2D eigenvalue weighted by molar-refractivity contribution is -0.141. The van der Waals surface area contributed by atoms with E-state index in [2.05, 4.69) is 4.90 Å². The zero-order valence-electron chi connectivity index (χ0n) is 16.2. The molecule has 0 aromatic heterocycles. The smallest absolute Gasteiger partial charge is 0.469 e. The van der Waals surface area contributed by atoms with Gasteiger partial charge in [0.05, 0.1) is 24.7 Å². The van der Waals surface area contributed by atoms with Crippen LogP contribution in [0.4, 0.5) is 10.1 Å². The van der Waals surface area contributed by atoms with Gasteiger partial charge in [0, 0.05) is 24.2 Å². The highest BCUT2D eigenvalue weighted by Gasteiger charge is 2.52. The Bertz CT molecular complexity index is 678. The molecule has 2 aliphatic rings. The van der Waals surface area contributed by atoms with Crippen LogP contribution in [0.15, 0.2) is 18.2 Å². The third-order valence-corrected chi connectivity index (χ3v) is 5.83. The van der Waals surface area contributed by atoms with Gasteiger partial charge in [0.25, 0.3) is 0 Å². The number of carbonyl (C=O) groups is 1. The maximum absolute atomic E-state index is 14.8. The molecule has 2 heterocycles. The molecule has 0 amide bonds. The van der Waals surface area contributed by atoms with E-state index in [9.17, 15) is 9.18 Å². The minimum absolute atomic E-state index is 0.195. The molecule has 0 N–H and O–H groups in total. The van der Waals surface area contributed by atoms with Gasteiger partial charge in [0.1, 0.15) is 5.82 Å². The normalized spacial score (nSPS) is 24.2. The molecule has 0 unspecified atom stereocenters. The lowest BCUT2D eigenvalue weighted by Gasteiger charge is -2.32. The topological polar surface area (TPSA) is 48.0 Å². The van der Waals surface area contributed by atoms with Crippen LogP contribution in [0.2, 0.25) is 0 Å². The highest BCUT2D eigenvalue weighted by molar-refractivity contribution is 6.62. The van der Waals surface area contributed by atoms with Gasteiger partial charge in [-0.05, 0) is 52.2 Å². The zero-order valence-corrected chi connectivity index (χ0v) is 16.2. The second-order valence-electron chi connectivity index (χ2n) is 8.18. The largest absolute Gasteiger partial charge is 0.497 e. The minimum Gasteiger partial charge on any atom is -0.469 e. The Labute approximate surface area is 154 Å². The Morgan fingerprint density at radius 1 is 1.31 bits per heavy atom. The number of ether oxygens (including phenoxy) is 1. The molecule has 0 bridgehead atoms. The molecular formula is C19H27BFNO4. The van der Waals surface area contributed by atoms with Crippen LogP contribution in [0.5, 0.6) is 0 Å². The molecule has 2 fully saturated rings. The molecule has 0 saturated carbocycles. The molecule has 1 atom stereocenters. The number of esters is 1. The third kappa shape index (κ3) is 3.60. The number of methoxy groups -OCH3 is 1. The average Bonchev–Trinajstić information content (AvgIpc) is 3.09. The monoisotopic (exact) mass is 363 g/mol. The van der Waals surface area contributed by atoms with Crippen LogP contribution in [0.3, 0.4) is 0 Å². The number of carbonyl (C=O) groups excluding carboxylic acids is 1. The first-order chi connectivity index (χ1) is 12.1. The van der Waals surface area contributed by atoms with Gasteiger partial charge in [0.2, 0.25) is 0 Å². The second kappa shape index (κ2) is 6.85. The Morgan fingerprint density at radius 3 is 2.54 bits per heavy atom. The van der Waals surface area contributed by atoms with Gasteiger partial charge in [-0.3, -0.25) is 4.79 Å². The van der Waals surface area contributed by atoms with E-state index in [0.29, 0.717) is 11.9 Å². The maximum atomic E-state index is 14.8. The number of nitrogens with zero attached hydrogens (tertiary/aromatic N) is 1. The van der Waals surface area contributed by atoms with Crippen LogP contribution in [-0.4, -0.2) is 44.5 Å². The van der Waals surface area contributed by atoms with Crippen LogP contribution >= 0.6 is 0 Å². The molecule has 142 valence electrons. The fourth-order valence-electron chi connectivity index (χ4n) is 3.43. The summed E-state index contributed by atoms with van der Waals surface area (Å²) in [6, 6.07) is 5.16. The summed E-state index contributed by atoms with van der Waals surface area (Å²) in [5.41, 5.74) is 0.227. The molecule has 3 rings (SSSR count). The standard InChI is InChI=1S/C19H27BFNO4/c1-18(2)19(3,4)26-20(25-18)15-7-6-14(11-16(15)21)22-9-8-13(12-22)10-17(23)24-5/h6-7,11,13H,8-10,12H2,1-5H3/t13-/m0/s1. The van der Waals surface area contributed by atoms with Crippen LogP contribution in [0.1, 0.15) is 40.5 Å². The molecule has 2 aliphatic heterocycles. The van der Waals surface area contributed by atoms with Gasteiger partial charge in [-0.2, -0.15) is 0 Å². The Hall–Kier alpha value is -1.60. The quantitative estimate of drug-likeness (QED) is 0.608. The average molecular weight is 363 g/mol. The summed E-state index contributed by atoms with van der Waals surface area (Å²) >= 11 is 0.